The van der Waals surface area contributed by atoms with Crippen LogP contribution in [-0.2, 0) is 47.2 Å². The Labute approximate surface area is 317 Å². The first kappa shape index (κ1) is 39.6. The van der Waals surface area contributed by atoms with Crippen LogP contribution in [0.25, 0.3) is 22.0 Å². The van der Waals surface area contributed by atoms with Crippen molar-refractivity contribution in [3.05, 3.63) is 93.0 Å². The maximum Gasteiger partial charge on any atom is 0.290 e. The number of benzene rings is 2. The van der Waals surface area contributed by atoms with Gasteiger partial charge in [-0.1, -0.05) is 23.6 Å². The lowest BCUT2D eigenvalue weighted by atomic mass is 9.93. The molecule has 290 valence electrons. The number of carbonyl (C=O) groups is 1. The molecule has 2 aromatic carbocycles. The molecule has 10 nitrogen and oxygen atoms in total. The number of sulfonamides is 1. The summed E-state index contributed by atoms with van der Waals surface area (Å²) in [6.07, 6.45) is -3.59. The summed E-state index contributed by atoms with van der Waals surface area (Å²) < 4.78 is 115. The minimum absolute atomic E-state index is 0.0687. The van der Waals surface area contributed by atoms with Crippen LogP contribution in [0.4, 0.5) is 32.2 Å². The van der Waals surface area contributed by atoms with E-state index in [2.05, 4.69) is 32.1 Å². The lowest BCUT2D eigenvalue weighted by Crippen LogP contribution is -2.35. The number of nitrogens with zero attached hydrogens (tertiary/aromatic N) is 5. The number of halogens is 7. The zero-order valence-corrected chi connectivity index (χ0v) is 31.6. The molecule has 3 heterocycles. The van der Waals surface area contributed by atoms with Crippen LogP contribution in [0.1, 0.15) is 73.6 Å². The summed E-state index contributed by atoms with van der Waals surface area (Å²) in [5, 5.41) is 11.1. The van der Waals surface area contributed by atoms with Crippen LogP contribution in [0, 0.1) is 28.9 Å². The molecule has 55 heavy (non-hydrogen) atoms. The largest absolute Gasteiger partial charge is 0.346 e. The number of rotatable bonds is 10. The number of amides is 1. The molecule has 0 radical (unpaired) electrons. The Kier molecular flexibility index (Phi) is 10.5. The zero-order chi connectivity index (χ0) is 40.2. The normalized spacial score (nSPS) is 14.5. The quantitative estimate of drug-likeness (QED) is 0.111. The summed E-state index contributed by atoms with van der Waals surface area (Å²) in [7, 11) is -2.26. The van der Waals surface area contributed by atoms with Gasteiger partial charge in [0.1, 0.15) is 35.3 Å². The molecule has 0 spiro atoms. The lowest BCUT2D eigenvalue weighted by Gasteiger charge is -2.23. The highest BCUT2D eigenvalue weighted by Crippen LogP contribution is 2.45. The van der Waals surface area contributed by atoms with Crippen molar-refractivity contribution >= 4 is 44.3 Å². The minimum atomic E-state index is -3.81. The molecule has 1 aliphatic rings. The van der Waals surface area contributed by atoms with Gasteiger partial charge in [-0.25, -0.2) is 31.0 Å². The van der Waals surface area contributed by atoms with Gasteiger partial charge in [0.25, 0.3) is 12.3 Å². The number of nitrogens with one attached hydrogen (secondary N) is 2. The van der Waals surface area contributed by atoms with E-state index in [0.717, 1.165) is 18.4 Å². The number of fused-ring (bicyclic) bond motifs is 2. The monoisotopic (exact) mass is 805 g/mol. The number of alkyl halides is 4. The van der Waals surface area contributed by atoms with E-state index >= 15 is 0 Å². The van der Waals surface area contributed by atoms with Gasteiger partial charge in [-0.2, -0.15) is 19.0 Å². The van der Waals surface area contributed by atoms with E-state index in [-0.39, 0.29) is 51.6 Å². The molecule has 1 aliphatic carbocycles. The van der Waals surface area contributed by atoms with Gasteiger partial charge in [0.2, 0.25) is 15.9 Å². The third-order valence-electron chi connectivity index (χ3n) is 8.64. The van der Waals surface area contributed by atoms with E-state index in [4.69, 9.17) is 16.6 Å². The Morgan fingerprint density at radius 2 is 1.71 bits per heavy atom. The molecule has 0 saturated carbocycles. The molecule has 0 fully saturated rings. The number of hydrogen-bond acceptors (Lipinski definition) is 6. The Balaban J connectivity index is 1.54. The third-order valence-corrected chi connectivity index (χ3v) is 9.52. The summed E-state index contributed by atoms with van der Waals surface area (Å²) >= 11 is 6.58. The number of carbonyl (C=O) groups excluding carboxylic acids is 1. The molecule has 0 bridgehead atoms. The first-order chi connectivity index (χ1) is 25.6. The Hall–Kier alpha value is -5.08. The maximum atomic E-state index is 15.0. The van der Waals surface area contributed by atoms with Crippen LogP contribution in [-0.4, -0.2) is 45.1 Å². The van der Waals surface area contributed by atoms with E-state index in [1.54, 1.807) is 25.2 Å². The number of pyridine rings is 1. The molecule has 1 amide bonds. The van der Waals surface area contributed by atoms with E-state index in [9.17, 15) is 39.6 Å². The standard InChI is InChI=1S/C37H34ClF6N7O3S/c1-36(2,3)12-10-22-6-7-23(24-8-9-26(38)29-32(24)50(4)48-35(29)49-55(5,53)54)30(45-22)27(16-19-14-20(39)17-21(40)15-19)46-28(52)18-51-33-25(11-13-37(33,43)44)31(47-51)34(41)42/h6-9,14-15,17,27,34H,11,13,16,18H2,1-5H3,(H,46,52)(H,48,49)/t27-/m0/s1. The second-order valence-electron chi connectivity index (χ2n) is 14.3. The smallest absolute Gasteiger partial charge is 0.290 e. The molecule has 18 heteroatoms. The number of aryl methyl sites for hydroxylation is 1. The molecule has 0 aliphatic heterocycles. The average molecular weight is 806 g/mol. The summed E-state index contributed by atoms with van der Waals surface area (Å²) in [6, 6.07) is 7.85. The Morgan fingerprint density at radius 3 is 2.35 bits per heavy atom. The van der Waals surface area contributed by atoms with E-state index in [0.29, 0.717) is 27.4 Å². The highest BCUT2D eigenvalue weighted by molar-refractivity contribution is 7.92. The fourth-order valence-corrected chi connectivity index (χ4v) is 7.29. The molecule has 5 aromatic rings. The molecule has 2 N–H and O–H groups in total. The average Bonchev–Trinajstić information content (AvgIpc) is 3.69. The Morgan fingerprint density at radius 1 is 1.04 bits per heavy atom. The van der Waals surface area contributed by atoms with E-state index in [1.165, 1.54) is 10.7 Å². The van der Waals surface area contributed by atoms with Crippen molar-refractivity contribution in [2.45, 2.75) is 65.0 Å². The number of aromatic nitrogens is 5. The summed E-state index contributed by atoms with van der Waals surface area (Å²) in [4.78, 5) is 18.6. The predicted octanol–water partition coefficient (Wildman–Crippen LogP) is 7.61. The van der Waals surface area contributed by atoms with Crippen molar-refractivity contribution in [1.29, 1.82) is 0 Å². The summed E-state index contributed by atoms with van der Waals surface area (Å²) in [5.41, 5.74) is -0.926. The molecular formula is C37H34ClF6N7O3S. The second kappa shape index (κ2) is 14.5. The van der Waals surface area contributed by atoms with Crippen LogP contribution in [0.15, 0.2) is 42.5 Å². The van der Waals surface area contributed by atoms with Crippen molar-refractivity contribution in [3.63, 3.8) is 0 Å². The van der Waals surface area contributed by atoms with Gasteiger partial charge >= 0.3 is 0 Å². The minimum Gasteiger partial charge on any atom is -0.346 e. The van der Waals surface area contributed by atoms with Crippen molar-refractivity contribution in [3.8, 4) is 23.0 Å². The fraction of sp³-hybridized carbons (Fsp3) is 0.351. The fourth-order valence-electron chi connectivity index (χ4n) is 6.55. The van der Waals surface area contributed by atoms with Crippen molar-refractivity contribution < 1.29 is 39.6 Å². The Bertz CT molecular complexity index is 2500. The van der Waals surface area contributed by atoms with Crippen LogP contribution in [0.3, 0.4) is 0 Å². The molecule has 1 atom stereocenters. The first-order valence-corrected chi connectivity index (χ1v) is 19.0. The highest BCUT2D eigenvalue weighted by Gasteiger charge is 2.46. The SMILES string of the molecule is Cn1nc(NS(C)(=O)=O)c2c(Cl)ccc(-c3ccc(C#CC(C)(C)C)nc3[C@H](Cc3cc(F)cc(F)c3)NC(=O)Cn3nc(C(F)F)c4c3C(F)(F)CC4)c21. The molecule has 0 unspecified atom stereocenters. The summed E-state index contributed by atoms with van der Waals surface area (Å²) in [5.74, 6) is -0.283. The van der Waals surface area contributed by atoms with Gasteiger partial charge in [0.15, 0.2) is 5.82 Å². The number of anilines is 1. The van der Waals surface area contributed by atoms with Crippen LogP contribution >= 0.6 is 11.6 Å². The summed E-state index contributed by atoms with van der Waals surface area (Å²) in [6.45, 7) is 4.73. The molecular weight excluding hydrogens is 772 g/mol. The highest BCUT2D eigenvalue weighted by atomic mass is 35.5. The van der Waals surface area contributed by atoms with E-state index in [1.807, 2.05) is 20.8 Å². The molecule has 0 saturated heterocycles. The van der Waals surface area contributed by atoms with Gasteiger partial charge in [-0.3, -0.25) is 18.9 Å². The van der Waals surface area contributed by atoms with Gasteiger partial charge in [-0.05, 0) is 75.4 Å². The lowest BCUT2D eigenvalue weighted by molar-refractivity contribution is -0.122. The topological polar surface area (TPSA) is 124 Å². The second-order valence-corrected chi connectivity index (χ2v) is 16.4. The van der Waals surface area contributed by atoms with Gasteiger partial charge in [-0.15, -0.1) is 0 Å². The van der Waals surface area contributed by atoms with Gasteiger partial charge in [0, 0.05) is 41.6 Å². The number of hydrogen-bond donors (Lipinski definition) is 2. The first-order valence-electron chi connectivity index (χ1n) is 16.8. The molecule has 3 aromatic heterocycles. The van der Waals surface area contributed by atoms with Crippen molar-refractivity contribution in [1.82, 2.24) is 29.9 Å². The van der Waals surface area contributed by atoms with Crippen LogP contribution in [0.5, 0.6) is 0 Å². The zero-order valence-electron chi connectivity index (χ0n) is 30.0. The third kappa shape index (κ3) is 8.60. The van der Waals surface area contributed by atoms with Crippen molar-refractivity contribution in [2.75, 3.05) is 11.0 Å². The van der Waals surface area contributed by atoms with Crippen LogP contribution < -0.4 is 10.0 Å². The van der Waals surface area contributed by atoms with Crippen LogP contribution in [0.2, 0.25) is 5.02 Å². The van der Waals surface area contributed by atoms with Crippen molar-refractivity contribution in [2.24, 2.45) is 12.5 Å². The maximum absolute atomic E-state index is 15.0. The molecule has 6 rings (SSSR count). The van der Waals surface area contributed by atoms with Gasteiger partial charge in [0.05, 0.1) is 33.9 Å². The predicted molar refractivity (Wildman–Crippen MR) is 194 cm³/mol. The van der Waals surface area contributed by atoms with Gasteiger partial charge < -0.3 is 5.32 Å². The van der Waals surface area contributed by atoms with E-state index < -0.39 is 75.7 Å².